The van der Waals surface area contributed by atoms with Gasteiger partial charge in [-0.15, -0.1) is 0 Å². The molecule has 0 aliphatic heterocycles. The largest absolute Gasteiger partial charge is 0.387 e. The number of para-hydroxylation sites is 1. The number of urea groups is 1. The van der Waals surface area contributed by atoms with Gasteiger partial charge in [-0.3, -0.25) is 4.79 Å². The second kappa shape index (κ2) is 9.20. The molecule has 7 nitrogen and oxygen atoms in total. The highest BCUT2D eigenvalue weighted by Gasteiger charge is 2.25. The number of primary amides is 1. The van der Waals surface area contributed by atoms with Crippen LogP contribution in [0, 0.1) is 17.5 Å². The van der Waals surface area contributed by atoms with E-state index in [9.17, 15) is 22.8 Å². The zero-order valence-corrected chi connectivity index (χ0v) is 17.4. The number of aliphatic hydroxyl groups excluding tert-OH is 1. The number of hydrogen-bond acceptors (Lipinski definition) is 4. The molecule has 1 aromatic heterocycles. The molecule has 0 unspecified atom stereocenters. The first-order valence-corrected chi connectivity index (χ1v) is 9.93. The zero-order chi connectivity index (χ0) is 24.4. The predicted molar refractivity (Wildman–Crippen MR) is 121 cm³/mol. The summed E-state index contributed by atoms with van der Waals surface area (Å²) in [6.07, 6.45) is 0. The molecule has 0 atom stereocenters. The van der Waals surface area contributed by atoms with Crippen LogP contribution in [0.4, 0.5) is 35.2 Å². The molecule has 0 radical (unpaired) electrons. The average molecular weight is 466 g/mol. The van der Waals surface area contributed by atoms with Crippen molar-refractivity contribution >= 4 is 39.9 Å². The summed E-state index contributed by atoms with van der Waals surface area (Å²) < 4.78 is 42.6. The molecule has 34 heavy (non-hydrogen) atoms. The number of nitrogens with zero attached hydrogens (tertiary/aromatic N) is 2. The number of nitrogens with one attached hydrogen (secondary N) is 1. The van der Waals surface area contributed by atoms with Crippen molar-refractivity contribution in [3.05, 3.63) is 84.2 Å². The molecule has 0 aliphatic rings. The first-order valence-electron chi connectivity index (χ1n) is 9.93. The van der Waals surface area contributed by atoms with Crippen molar-refractivity contribution in [2.45, 2.75) is 0 Å². The van der Waals surface area contributed by atoms with E-state index in [1.54, 1.807) is 12.1 Å². The summed E-state index contributed by atoms with van der Waals surface area (Å²) in [6, 6.07) is 13.3. The minimum absolute atomic E-state index is 0.200. The van der Waals surface area contributed by atoms with Crippen LogP contribution in [0.15, 0.2) is 66.7 Å². The fourth-order valence-corrected chi connectivity index (χ4v) is 3.50. The lowest BCUT2D eigenvalue weighted by Crippen LogP contribution is -2.33. The standard InChI is InChI=1S/C24H17F3N4O3/c25-15-6-4-13(5-7-15)22-17-9-8-16(29-21(33)12-32)10-14(17)11-20(30-22)31(24(28)34)23-18(26)2-1-3-19(23)27/h1-11,32H,12H2,(H2,28,34)(H,29,33). The maximum absolute atomic E-state index is 14.5. The quantitative estimate of drug-likeness (QED) is 0.403. The second-order valence-corrected chi connectivity index (χ2v) is 7.22. The highest BCUT2D eigenvalue weighted by molar-refractivity contribution is 6.04. The van der Waals surface area contributed by atoms with E-state index in [0.29, 0.717) is 26.9 Å². The summed E-state index contributed by atoms with van der Waals surface area (Å²) in [5.74, 6) is -3.40. The molecule has 0 saturated carbocycles. The van der Waals surface area contributed by atoms with Crippen molar-refractivity contribution in [1.29, 1.82) is 0 Å². The summed E-state index contributed by atoms with van der Waals surface area (Å²) in [5, 5.41) is 12.4. The zero-order valence-electron chi connectivity index (χ0n) is 17.4. The predicted octanol–water partition coefficient (Wildman–Crippen LogP) is 4.47. The SMILES string of the molecule is NC(=O)N(c1cc2cc(NC(=O)CO)ccc2c(-c2ccc(F)cc2)n1)c1c(F)cccc1F. The minimum atomic E-state index is -1.19. The molecule has 0 fully saturated rings. The number of nitrogens with two attached hydrogens (primary N) is 1. The number of amides is 3. The van der Waals surface area contributed by atoms with Crippen LogP contribution in [0.25, 0.3) is 22.0 Å². The molecule has 0 aliphatic carbocycles. The topological polar surface area (TPSA) is 109 Å². The molecule has 1 heterocycles. The molecule has 0 saturated heterocycles. The van der Waals surface area contributed by atoms with Gasteiger partial charge in [0.15, 0.2) is 0 Å². The molecule has 172 valence electrons. The van der Waals surface area contributed by atoms with Crippen LogP contribution in [-0.2, 0) is 4.79 Å². The first kappa shape index (κ1) is 22.7. The van der Waals surface area contributed by atoms with E-state index in [-0.39, 0.29) is 11.5 Å². The maximum Gasteiger partial charge on any atom is 0.325 e. The molecule has 3 amide bonds. The Bertz CT molecular complexity index is 1390. The molecular formula is C24H17F3N4O3. The van der Waals surface area contributed by atoms with Gasteiger partial charge in [0.05, 0.1) is 5.69 Å². The summed E-state index contributed by atoms with van der Waals surface area (Å²) in [5.41, 5.74) is 5.82. The lowest BCUT2D eigenvalue weighted by molar-refractivity contribution is -0.118. The van der Waals surface area contributed by atoms with Gasteiger partial charge in [0.25, 0.3) is 0 Å². The van der Waals surface area contributed by atoms with Crippen molar-refractivity contribution in [2.75, 3.05) is 16.8 Å². The normalized spacial score (nSPS) is 10.8. The minimum Gasteiger partial charge on any atom is -0.387 e. The van der Waals surface area contributed by atoms with Crippen molar-refractivity contribution in [1.82, 2.24) is 4.98 Å². The van der Waals surface area contributed by atoms with Crippen LogP contribution in [0.3, 0.4) is 0 Å². The Kier molecular flexibility index (Phi) is 6.15. The molecule has 0 bridgehead atoms. The van der Waals surface area contributed by atoms with Crippen LogP contribution in [0.2, 0.25) is 0 Å². The van der Waals surface area contributed by atoms with Gasteiger partial charge in [0, 0.05) is 16.6 Å². The van der Waals surface area contributed by atoms with Crippen LogP contribution >= 0.6 is 0 Å². The van der Waals surface area contributed by atoms with Gasteiger partial charge in [-0.25, -0.2) is 27.8 Å². The van der Waals surface area contributed by atoms with Crippen LogP contribution < -0.4 is 16.0 Å². The fourth-order valence-electron chi connectivity index (χ4n) is 3.50. The molecule has 10 heteroatoms. The number of halogens is 3. The monoisotopic (exact) mass is 466 g/mol. The van der Waals surface area contributed by atoms with E-state index >= 15 is 0 Å². The molecular weight excluding hydrogens is 449 g/mol. The smallest absolute Gasteiger partial charge is 0.325 e. The molecule has 3 aromatic carbocycles. The number of benzene rings is 3. The number of hydrogen-bond donors (Lipinski definition) is 3. The number of rotatable bonds is 5. The third-order valence-electron chi connectivity index (χ3n) is 4.97. The Labute approximate surface area is 191 Å². The van der Waals surface area contributed by atoms with Crippen LogP contribution in [0.5, 0.6) is 0 Å². The van der Waals surface area contributed by atoms with Gasteiger partial charge >= 0.3 is 6.03 Å². The summed E-state index contributed by atoms with van der Waals surface area (Å²) in [6.45, 7) is -0.734. The van der Waals surface area contributed by atoms with Gasteiger partial charge in [0.1, 0.15) is 35.6 Å². The Balaban J connectivity index is 1.99. The van der Waals surface area contributed by atoms with Gasteiger partial charge < -0.3 is 16.2 Å². The van der Waals surface area contributed by atoms with Crippen molar-refractivity contribution in [3.8, 4) is 11.3 Å². The van der Waals surface area contributed by atoms with E-state index < -0.39 is 41.7 Å². The molecule has 4 rings (SSSR count). The lowest BCUT2D eigenvalue weighted by atomic mass is 10.0. The first-order chi connectivity index (χ1) is 16.3. The highest BCUT2D eigenvalue weighted by atomic mass is 19.1. The van der Waals surface area contributed by atoms with Gasteiger partial charge in [-0.2, -0.15) is 0 Å². The number of anilines is 3. The Morgan fingerprint density at radius 3 is 2.26 bits per heavy atom. The number of fused-ring (bicyclic) bond motifs is 1. The number of aromatic nitrogens is 1. The van der Waals surface area contributed by atoms with Crippen molar-refractivity contribution in [3.63, 3.8) is 0 Å². The Morgan fingerprint density at radius 1 is 0.971 bits per heavy atom. The van der Waals surface area contributed by atoms with Crippen LogP contribution in [0.1, 0.15) is 0 Å². The van der Waals surface area contributed by atoms with E-state index in [1.165, 1.54) is 36.4 Å². The van der Waals surface area contributed by atoms with Gasteiger partial charge in [0.2, 0.25) is 5.91 Å². The van der Waals surface area contributed by atoms with Gasteiger partial charge in [-0.05, 0) is 60.0 Å². The van der Waals surface area contributed by atoms with Crippen LogP contribution in [-0.4, -0.2) is 28.6 Å². The van der Waals surface area contributed by atoms with E-state index in [1.807, 2.05) is 0 Å². The number of aliphatic hydroxyl groups is 1. The van der Waals surface area contributed by atoms with Gasteiger partial charge in [-0.1, -0.05) is 12.1 Å². The Hall–Kier alpha value is -4.44. The van der Waals surface area contributed by atoms with Crippen molar-refractivity contribution < 1.29 is 27.9 Å². The molecule has 4 aromatic rings. The molecule has 0 spiro atoms. The third kappa shape index (κ3) is 4.39. The van der Waals surface area contributed by atoms with Crippen molar-refractivity contribution in [2.24, 2.45) is 5.73 Å². The summed E-state index contributed by atoms with van der Waals surface area (Å²) in [4.78, 5) is 28.9. The number of carbonyl (C=O) groups is 2. The average Bonchev–Trinajstić information content (AvgIpc) is 2.81. The maximum atomic E-state index is 14.5. The summed E-state index contributed by atoms with van der Waals surface area (Å²) >= 11 is 0. The Morgan fingerprint density at radius 2 is 1.65 bits per heavy atom. The van der Waals surface area contributed by atoms with E-state index in [4.69, 9.17) is 10.8 Å². The second-order valence-electron chi connectivity index (χ2n) is 7.22. The highest BCUT2D eigenvalue weighted by Crippen LogP contribution is 2.36. The number of carbonyl (C=O) groups excluding carboxylic acids is 2. The van der Waals surface area contributed by atoms with E-state index in [2.05, 4.69) is 10.3 Å². The number of pyridine rings is 1. The summed E-state index contributed by atoms with van der Waals surface area (Å²) in [7, 11) is 0. The lowest BCUT2D eigenvalue weighted by Gasteiger charge is -2.22. The van der Waals surface area contributed by atoms with E-state index in [0.717, 1.165) is 18.2 Å². The molecule has 4 N–H and O–H groups in total. The third-order valence-corrected chi connectivity index (χ3v) is 4.97. The fraction of sp³-hybridized carbons (Fsp3) is 0.0417.